The molecule has 0 aromatic carbocycles. The van der Waals surface area contributed by atoms with Gasteiger partial charge in [-0.25, -0.2) is 4.98 Å². The fraction of sp³-hybridized carbons (Fsp3) is 0.667. The highest BCUT2D eigenvalue weighted by Crippen LogP contribution is 2.12. The van der Waals surface area contributed by atoms with E-state index < -0.39 is 0 Å². The Labute approximate surface area is 78.3 Å². The number of oxazole rings is 1. The molecule has 1 unspecified atom stereocenters. The number of aromatic nitrogens is 1. The zero-order valence-electron chi connectivity index (χ0n) is 8.33. The van der Waals surface area contributed by atoms with Crippen LogP contribution in [0.15, 0.2) is 10.6 Å². The molecule has 0 spiro atoms. The molecule has 0 amide bonds. The summed E-state index contributed by atoms with van der Waals surface area (Å²) in [6, 6.07) is 0.163. The van der Waals surface area contributed by atoms with Crippen molar-refractivity contribution in [3.63, 3.8) is 0 Å². The molecule has 1 rings (SSSR count). The number of hydrogen-bond acceptors (Lipinski definition) is 4. The molecule has 0 aliphatic carbocycles. The molecule has 1 aromatic heterocycles. The van der Waals surface area contributed by atoms with E-state index in [0.29, 0.717) is 6.61 Å². The Morgan fingerprint density at radius 2 is 2.46 bits per heavy atom. The summed E-state index contributed by atoms with van der Waals surface area (Å²) in [5.74, 6) is 1.60. The maximum absolute atomic E-state index is 5.48. The van der Waals surface area contributed by atoms with Crippen molar-refractivity contribution in [1.29, 1.82) is 0 Å². The number of nitrogens with zero attached hydrogens (tertiary/aromatic N) is 1. The molecular formula is C9H16N2O2. The van der Waals surface area contributed by atoms with Crippen molar-refractivity contribution < 1.29 is 9.15 Å². The Kier molecular flexibility index (Phi) is 3.92. The molecule has 1 aromatic rings. The summed E-state index contributed by atoms with van der Waals surface area (Å²) in [5, 5.41) is 3.06. The summed E-state index contributed by atoms with van der Waals surface area (Å²) in [6.45, 7) is 2.68. The first kappa shape index (κ1) is 10.2. The van der Waals surface area contributed by atoms with Gasteiger partial charge in [0.05, 0.1) is 18.8 Å². The van der Waals surface area contributed by atoms with E-state index in [1.165, 1.54) is 0 Å². The van der Waals surface area contributed by atoms with Gasteiger partial charge in [-0.1, -0.05) is 0 Å². The van der Waals surface area contributed by atoms with Gasteiger partial charge in [-0.15, -0.1) is 0 Å². The molecule has 0 saturated carbocycles. The van der Waals surface area contributed by atoms with Crippen LogP contribution in [-0.4, -0.2) is 25.7 Å². The third-order valence-electron chi connectivity index (χ3n) is 1.93. The van der Waals surface area contributed by atoms with E-state index in [9.17, 15) is 0 Å². The molecule has 1 atom stereocenters. The quantitative estimate of drug-likeness (QED) is 0.745. The molecule has 0 saturated heterocycles. The van der Waals surface area contributed by atoms with E-state index in [1.54, 1.807) is 13.3 Å². The molecular weight excluding hydrogens is 168 g/mol. The maximum atomic E-state index is 5.48. The summed E-state index contributed by atoms with van der Waals surface area (Å²) in [4.78, 5) is 4.16. The molecule has 0 radical (unpaired) electrons. The third kappa shape index (κ3) is 2.82. The van der Waals surface area contributed by atoms with Crippen LogP contribution in [-0.2, 0) is 11.2 Å². The molecule has 4 nitrogen and oxygen atoms in total. The van der Waals surface area contributed by atoms with Crippen LogP contribution in [0.3, 0.4) is 0 Å². The summed E-state index contributed by atoms with van der Waals surface area (Å²) in [6.07, 6.45) is 2.53. The second-order valence-corrected chi connectivity index (χ2v) is 2.92. The first-order valence-electron chi connectivity index (χ1n) is 4.38. The molecule has 13 heavy (non-hydrogen) atoms. The Bertz CT molecular complexity index is 248. The third-order valence-corrected chi connectivity index (χ3v) is 1.93. The topological polar surface area (TPSA) is 47.3 Å². The lowest BCUT2D eigenvalue weighted by molar-refractivity contribution is 0.195. The molecule has 0 aliphatic rings. The van der Waals surface area contributed by atoms with Crippen LogP contribution in [0, 0.1) is 0 Å². The number of ether oxygens (including phenoxy) is 1. The molecule has 74 valence electrons. The molecule has 1 N–H and O–H groups in total. The summed E-state index contributed by atoms with van der Waals surface area (Å²) in [7, 11) is 3.55. The average Bonchev–Trinajstić information content (AvgIpc) is 2.62. The summed E-state index contributed by atoms with van der Waals surface area (Å²) >= 11 is 0. The van der Waals surface area contributed by atoms with Crippen molar-refractivity contribution in [1.82, 2.24) is 10.3 Å². The van der Waals surface area contributed by atoms with Gasteiger partial charge < -0.3 is 14.5 Å². The average molecular weight is 184 g/mol. The fourth-order valence-corrected chi connectivity index (χ4v) is 0.965. The molecule has 0 fully saturated rings. The van der Waals surface area contributed by atoms with Crippen LogP contribution in [0.2, 0.25) is 0 Å². The lowest BCUT2D eigenvalue weighted by atomic mass is 10.3. The predicted molar refractivity (Wildman–Crippen MR) is 49.6 cm³/mol. The Balaban J connectivity index is 2.53. The van der Waals surface area contributed by atoms with Gasteiger partial charge >= 0.3 is 0 Å². The largest absolute Gasteiger partial charge is 0.444 e. The van der Waals surface area contributed by atoms with Gasteiger partial charge in [-0.05, 0) is 14.0 Å². The second kappa shape index (κ2) is 4.99. The van der Waals surface area contributed by atoms with Gasteiger partial charge in [0, 0.05) is 13.5 Å². The monoisotopic (exact) mass is 184 g/mol. The zero-order valence-corrected chi connectivity index (χ0v) is 8.33. The van der Waals surface area contributed by atoms with E-state index >= 15 is 0 Å². The van der Waals surface area contributed by atoms with Gasteiger partial charge in [-0.2, -0.15) is 0 Å². The first-order valence-corrected chi connectivity index (χ1v) is 4.38. The van der Waals surface area contributed by atoms with Crippen molar-refractivity contribution in [2.45, 2.75) is 19.4 Å². The minimum Gasteiger partial charge on any atom is -0.444 e. The maximum Gasteiger partial charge on any atom is 0.211 e. The van der Waals surface area contributed by atoms with Gasteiger partial charge in [0.2, 0.25) is 5.89 Å². The van der Waals surface area contributed by atoms with Crippen LogP contribution in [0.1, 0.15) is 24.6 Å². The standard InChI is InChI=1S/C9H16N2O2/c1-7(10-2)9-11-6-8(13-9)4-5-12-3/h6-7,10H,4-5H2,1-3H3. The lowest BCUT2D eigenvalue weighted by Crippen LogP contribution is -2.12. The summed E-state index contributed by atoms with van der Waals surface area (Å²) in [5.41, 5.74) is 0. The molecule has 0 bridgehead atoms. The lowest BCUT2D eigenvalue weighted by Gasteiger charge is -2.03. The highest BCUT2D eigenvalue weighted by molar-refractivity contribution is 4.97. The first-order chi connectivity index (χ1) is 6.27. The number of rotatable bonds is 5. The van der Waals surface area contributed by atoms with Crippen molar-refractivity contribution in [3.8, 4) is 0 Å². The minimum atomic E-state index is 0.163. The van der Waals surface area contributed by atoms with Crippen molar-refractivity contribution in [3.05, 3.63) is 17.8 Å². The SMILES string of the molecule is CNC(C)c1ncc(CCOC)o1. The predicted octanol–water partition coefficient (Wildman–Crippen LogP) is 1.14. The van der Waals surface area contributed by atoms with E-state index in [2.05, 4.69) is 10.3 Å². The van der Waals surface area contributed by atoms with E-state index in [0.717, 1.165) is 18.1 Å². The Hall–Kier alpha value is -0.870. The van der Waals surface area contributed by atoms with Crippen LogP contribution < -0.4 is 5.32 Å². The minimum absolute atomic E-state index is 0.163. The Morgan fingerprint density at radius 1 is 1.69 bits per heavy atom. The van der Waals surface area contributed by atoms with E-state index in [1.807, 2.05) is 14.0 Å². The highest BCUT2D eigenvalue weighted by Gasteiger charge is 2.09. The normalized spacial score (nSPS) is 13.2. The highest BCUT2D eigenvalue weighted by atomic mass is 16.5. The number of hydrogen-bond donors (Lipinski definition) is 1. The van der Waals surface area contributed by atoms with Gasteiger partial charge in [-0.3, -0.25) is 0 Å². The number of nitrogens with one attached hydrogen (secondary N) is 1. The Morgan fingerprint density at radius 3 is 3.08 bits per heavy atom. The van der Waals surface area contributed by atoms with Gasteiger partial charge in [0.1, 0.15) is 5.76 Å². The fourth-order valence-electron chi connectivity index (χ4n) is 0.965. The molecule has 0 aliphatic heterocycles. The second-order valence-electron chi connectivity index (χ2n) is 2.92. The van der Waals surface area contributed by atoms with Crippen molar-refractivity contribution in [2.24, 2.45) is 0 Å². The number of methoxy groups -OCH3 is 1. The van der Waals surface area contributed by atoms with Crippen molar-refractivity contribution >= 4 is 0 Å². The zero-order chi connectivity index (χ0) is 9.68. The summed E-state index contributed by atoms with van der Waals surface area (Å²) < 4.78 is 10.4. The van der Waals surface area contributed by atoms with Gasteiger partial charge in [0.15, 0.2) is 0 Å². The van der Waals surface area contributed by atoms with Gasteiger partial charge in [0.25, 0.3) is 0 Å². The van der Waals surface area contributed by atoms with Crippen LogP contribution in [0.5, 0.6) is 0 Å². The molecule has 4 heteroatoms. The van der Waals surface area contributed by atoms with E-state index in [-0.39, 0.29) is 6.04 Å². The molecule has 1 heterocycles. The van der Waals surface area contributed by atoms with Crippen LogP contribution in [0.4, 0.5) is 0 Å². The van der Waals surface area contributed by atoms with Crippen LogP contribution in [0.25, 0.3) is 0 Å². The van der Waals surface area contributed by atoms with Crippen LogP contribution >= 0.6 is 0 Å². The van der Waals surface area contributed by atoms with Crippen molar-refractivity contribution in [2.75, 3.05) is 20.8 Å². The van der Waals surface area contributed by atoms with E-state index in [4.69, 9.17) is 9.15 Å². The smallest absolute Gasteiger partial charge is 0.211 e.